The lowest BCUT2D eigenvalue weighted by atomic mass is 9.95. The van der Waals surface area contributed by atoms with Crippen LogP contribution in [-0.4, -0.2) is 19.0 Å². The van der Waals surface area contributed by atoms with Crippen molar-refractivity contribution in [3.05, 3.63) is 96.1 Å². The van der Waals surface area contributed by atoms with E-state index in [1.807, 2.05) is 0 Å². The molecule has 0 fully saturated rings. The van der Waals surface area contributed by atoms with Gasteiger partial charge in [-0.15, -0.1) is 10.5 Å². The Hall–Kier alpha value is -2.98. The molecule has 0 spiro atoms. The van der Waals surface area contributed by atoms with Gasteiger partial charge >= 0.3 is 0 Å². The third-order valence-corrected chi connectivity index (χ3v) is 7.94. The van der Waals surface area contributed by atoms with Crippen molar-refractivity contribution in [1.82, 2.24) is 0 Å². The molecular weight excluding hydrogens is 408 g/mol. The van der Waals surface area contributed by atoms with E-state index in [2.05, 4.69) is 90.8 Å². The summed E-state index contributed by atoms with van der Waals surface area (Å²) in [6.07, 6.45) is 1.80. The molecule has 0 saturated heterocycles. The molecule has 0 amide bonds. The molecule has 0 atom stereocenters. The Morgan fingerprint density at radius 3 is 1.44 bits per heavy atom. The van der Waals surface area contributed by atoms with E-state index in [0.717, 1.165) is 12.8 Å². The summed E-state index contributed by atoms with van der Waals surface area (Å²) in [7, 11) is -0.150. The first-order chi connectivity index (χ1) is 15.7. The zero-order chi connectivity index (χ0) is 22.1. The zero-order valence-corrected chi connectivity index (χ0v) is 19.0. The highest BCUT2D eigenvalue weighted by Crippen LogP contribution is 2.53. The van der Waals surface area contributed by atoms with Crippen LogP contribution >= 0.6 is 10.5 Å². The van der Waals surface area contributed by atoms with Crippen LogP contribution in [0.5, 0.6) is 0 Å². The van der Waals surface area contributed by atoms with Gasteiger partial charge in [0.2, 0.25) is 0 Å². The minimum Gasteiger partial charge on any atom is -0.330 e. The number of benzene rings is 4. The fourth-order valence-electron chi connectivity index (χ4n) is 4.53. The lowest BCUT2D eigenvalue weighted by molar-refractivity contribution is 0.969. The molecule has 1 aliphatic rings. The van der Waals surface area contributed by atoms with Crippen LogP contribution < -0.4 is 11.5 Å². The smallest absolute Gasteiger partial charge is 0.0136 e. The van der Waals surface area contributed by atoms with E-state index < -0.39 is 0 Å². The van der Waals surface area contributed by atoms with Gasteiger partial charge in [-0.1, -0.05) is 66.5 Å². The van der Waals surface area contributed by atoms with Gasteiger partial charge in [-0.3, -0.25) is 0 Å². The third-order valence-electron chi connectivity index (χ3n) is 6.17. The molecule has 0 radical (unpaired) electrons. The molecule has 2 nitrogen and oxygen atoms in total. The summed E-state index contributed by atoms with van der Waals surface area (Å²) in [5, 5.41) is 0. The molecule has 1 heterocycles. The van der Waals surface area contributed by atoms with E-state index in [-0.39, 0.29) is 10.5 Å². The number of hydrogen-bond donors (Lipinski definition) is 2. The molecule has 3 heteroatoms. The first-order valence-electron chi connectivity index (χ1n) is 11.1. The molecule has 0 aliphatic carbocycles. The summed E-state index contributed by atoms with van der Waals surface area (Å²) < 4.78 is 0. The standard InChI is InChI=1S/C29H28N2S/c1-32-28-10-8-24(22-6-2-4-20(16-22)12-14-30)18-26(28)27-19-25(9-11-29(27)32)23-7-3-5-21(17-23)13-15-31/h2-11,16-19H,1,12-15,30-31H2. The van der Waals surface area contributed by atoms with Gasteiger partial charge in [0.25, 0.3) is 0 Å². The molecule has 0 bridgehead atoms. The lowest BCUT2D eigenvalue weighted by Gasteiger charge is -2.09. The summed E-state index contributed by atoms with van der Waals surface area (Å²) in [4.78, 5) is 2.66. The van der Waals surface area contributed by atoms with Gasteiger partial charge in [-0.05, 0) is 94.7 Å². The second kappa shape index (κ2) is 8.87. The summed E-state index contributed by atoms with van der Waals surface area (Å²) in [5.74, 6) is 4.50. The molecule has 5 rings (SSSR count). The fraction of sp³-hybridized carbons (Fsp3) is 0.138. The number of rotatable bonds is 6. The first kappa shape index (κ1) is 20.9. The minimum absolute atomic E-state index is 0.150. The predicted molar refractivity (Wildman–Crippen MR) is 140 cm³/mol. The largest absolute Gasteiger partial charge is 0.330 e. The minimum atomic E-state index is -0.150. The van der Waals surface area contributed by atoms with Crippen molar-refractivity contribution in [2.75, 3.05) is 13.1 Å². The number of fused-ring (bicyclic) bond motifs is 3. The van der Waals surface area contributed by atoms with E-state index >= 15 is 0 Å². The molecule has 4 aromatic rings. The SMILES string of the molecule is C=S1c2ccc(-c3cccc(CCN)c3)cc2-c2cc(-c3cccc(CCN)c3)ccc21. The van der Waals surface area contributed by atoms with Crippen LogP contribution in [0.15, 0.2) is 94.7 Å². The average Bonchev–Trinajstić information content (AvgIpc) is 3.11. The Kier molecular flexibility index (Phi) is 5.79. The molecular formula is C29H28N2S. The van der Waals surface area contributed by atoms with Crippen LogP contribution in [0.25, 0.3) is 33.4 Å². The van der Waals surface area contributed by atoms with Gasteiger partial charge in [0.1, 0.15) is 0 Å². The molecule has 0 aromatic heterocycles. The van der Waals surface area contributed by atoms with Crippen molar-refractivity contribution < 1.29 is 0 Å². The van der Waals surface area contributed by atoms with E-state index in [0.29, 0.717) is 13.1 Å². The highest BCUT2D eigenvalue weighted by molar-refractivity contribution is 8.14. The van der Waals surface area contributed by atoms with Crippen molar-refractivity contribution in [2.45, 2.75) is 22.6 Å². The van der Waals surface area contributed by atoms with Gasteiger partial charge in [-0.25, -0.2) is 0 Å². The van der Waals surface area contributed by atoms with Gasteiger partial charge in [0.05, 0.1) is 0 Å². The predicted octanol–water partition coefficient (Wildman–Crippen LogP) is 6.12. The maximum atomic E-state index is 5.77. The van der Waals surface area contributed by atoms with Crippen LogP contribution in [0.3, 0.4) is 0 Å². The normalized spacial score (nSPS) is 12.6. The second-order valence-electron chi connectivity index (χ2n) is 8.29. The third kappa shape index (κ3) is 3.84. The molecule has 0 saturated carbocycles. The monoisotopic (exact) mass is 436 g/mol. The maximum absolute atomic E-state index is 5.77. The van der Waals surface area contributed by atoms with Crippen LogP contribution in [0.1, 0.15) is 11.1 Å². The second-order valence-corrected chi connectivity index (χ2v) is 9.95. The van der Waals surface area contributed by atoms with Crippen molar-refractivity contribution in [2.24, 2.45) is 11.5 Å². The summed E-state index contributed by atoms with van der Waals surface area (Å²) in [5.41, 5.74) is 21.7. The Labute approximate surface area is 192 Å². The summed E-state index contributed by atoms with van der Waals surface area (Å²) in [6, 6.07) is 31.1. The summed E-state index contributed by atoms with van der Waals surface area (Å²) >= 11 is 0. The quantitative estimate of drug-likeness (QED) is 0.315. The van der Waals surface area contributed by atoms with Crippen molar-refractivity contribution >= 4 is 16.4 Å². The zero-order valence-electron chi connectivity index (χ0n) is 18.2. The molecule has 1 aliphatic heterocycles. The van der Waals surface area contributed by atoms with E-state index in [4.69, 9.17) is 11.5 Å². The first-order valence-corrected chi connectivity index (χ1v) is 12.5. The Bertz CT molecular complexity index is 1220. The highest BCUT2D eigenvalue weighted by atomic mass is 32.2. The van der Waals surface area contributed by atoms with Crippen LogP contribution in [0.4, 0.5) is 0 Å². The van der Waals surface area contributed by atoms with Crippen LogP contribution in [0, 0.1) is 0 Å². The number of nitrogens with two attached hydrogens (primary N) is 2. The van der Waals surface area contributed by atoms with Gasteiger partial charge in [-0.2, -0.15) is 0 Å². The molecule has 0 unspecified atom stereocenters. The topological polar surface area (TPSA) is 52.0 Å². The Morgan fingerprint density at radius 1 is 0.562 bits per heavy atom. The molecule has 160 valence electrons. The Balaban J connectivity index is 1.58. The van der Waals surface area contributed by atoms with E-state index in [9.17, 15) is 0 Å². The van der Waals surface area contributed by atoms with E-state index in [1.54, 1.807) is 0 Å². The fourth-order valence-corrected chi connectivity index (χ4v) is 6.10. The maximum Gasteiger partial charge on any atom is 0.0136 e. The van der Waals surface area contributed by atoms with E-state index in [1.165, 1.54) is 54.3 Å². The Morgan fingerprint density at radius 2 is 1.00 bits per heavy atom. The van der Waals surface area contributed by atoms with Gasteiger partial charge in [0, 0.05) is 9.79 Å². The van der Waals surface area contributed by atoms with Crippen molar-refractivity contribution in [3.8, 4) is 33.4 Å². The van der Waals surface area contributed by atoms with Crippen LogP contribution in [0.2, 0.25) is 0 Å². The number of hydrogen-bond acceptors (Lipinski definition) is 2. The average molecular weight is 437 g/mol. The van der Waals surface area contributed by atoms with Crippen molar-refractivity contribution in [1.29, 1.82) is 0 Å². The highest BCUT2D eigenvalue weighted by Gasteiger charge is 2.22. The van der Waals surface area contributed by atoms with Crippen LogP contribution in [-0.2, 0) is 12.8 Å². The molecule has 32 heavy (non-hydrogen) atoms. The summed E-state index contributed by atoms with van der Waals surface area (Å²) in [6.45, 7) is 1.33. The molecule has 4 aromatic carbocycles. The van der Waals surface area contributed by atoms with Crippen molar-refractivity contribution in [3.63, 3.8) is 0 Å². The van der Waals surface area contributed by atoms with Gasteiger partial charge < -0.3 is 11.5 Å². The molecule has 4 N–H and O–H groups in total. The lowest BCUT2D eigenvalue weighted by Crippen LogP contribution is -2.02. The van der Waals surface area contributed by atoms with Gasteiger partial charge in [0.15, 0.2) is 0 Å².